The SMILES string of the molecule is CNC(=O)C1=CC[C@H](N)C1. The predicted molar refractivity (Wildman–Crippen MR) is 39.4 cm³/mol. The molecule has 56 valence electrons. The van der Waals surface area contributed by atoms with Gasteiger partial charge in [0.05, 0.1) is 0 Å². The fourth-order valence-electron chi connectivity index (χ4n) is 1.09. The van der Waals surface area contributed by atoms with E-state index in [2.05, 4.69) is 5.32 Å². The minimum Gasteiger partial charge on any atom is -0.355 e. The summed E-state index contributed by atoms with van der Waals surface area (Å²) >= 11 is 0. The Hall–Kier alpha value is -0.830. The third kappa shape index (κ3) is 1.36. The number of carbonyl (C=O) groups excluding carboxylic acids is 1. The molecule has 0 fully saturated rings. The number of nitrogens with two attached hydrogens (primary N) is 1. The molecule has 0 bridgehead atoms. The second kappa shape index (κ2) is 2.84. The van der Waals surface area contributed by atoms with Gasteiger partial charge in [-0.3, -0.25) is 4.79 Å². The Morgan fingerprint density at radius 1 is 1.90 bits per heavy atom. The molecule has 0 saturated carbocycles. The van der Waals surface area contributed by atoms with E-state index in [9.17, 15) is 4.79 Å². The average Bonchev–Trinajstić information content (AvgIpc) is 2.34. The first-order valence-corrected chi connectivity index (χ1v) is 3.40. The quantitative estimate of drug-likeness (QED) is 0.529. The van der Waals surface area contributed by atoms with Gasteiger partial charge in [-0.1, -0.05) is 6.08 Å². The van der Waals surface area contributed by atoms with E-state index >= 15 is 0 Å². The molecule has 1 aliphatic carbocycles. The topological polar surface area (TPSA) is 55.1 Å². The minimum absolute atomic E-state index is 0.00736. The van der Waals surface area contributed by atoms with E-state index in [0.29, 0.717) is 0 Å². The molecule has 0 aromatic carbocycles. The van der Waals surface area contributed by atoms with E-state index in [1.807, 2.05) is 6.08 Å². The molecule has 3 nitrogen and oxygen atoms in total. The van der Waals surface area contributed by atoms with Gasteiger partial charge in [-0.25, -0.2) is 0 Å². The van der Waals surface area contributed by atoms with Crippen LogP contribution in [-0.4, -0.2) is 19.0 Å². The van der Waals surface area contributed by atoms with Crippen LogP contribution >= 0.6 is 0 Å². The van der Waals surface area contributed by atoms with Crippen LogP contribution in [-0.2, 0) is 4.79 Å². The van der Waals surface area contributed by atoms with Crippen molar-refractivity contribution in [3.63, 3.8) is 0 Å². The Morgan fingerprint density at radius 2 is 2.60 bits per heavy atom. The van der Waals surface area contributed by atoms with Gasteiger partial charge in [0, 0.05) is 18.7 Å². The third-order valence-corrected chi connectivity index (χ3v) is 1.67. The van der Waals surface area contributed by atoms with Crippen LogP contribution < -0.4 is 11.1 Å². The van der Waals surface area contributed by atoms with Crippen molar-refractivity contribution >= 4 is 5.91 Å². The summed E-state index contributed by atoms with van der Waals surface area (Å²) in [6.07, 6.45) is 3.46. The van der Waals surface area contributed by atoms with Crippen LogP contribution in [0.25, 0.3) is 0 Å². The molecule has 0 aromatic heterocycles. The molecule has 0 saturated heterocycles. The summed E-state index contributed by atoms with van der Waals surface area (Å²) in [4.78, 5) is 10.9. The van der Waals surface area contributed by atoms with Crippen LogP contribution in [0, 0.1) is 0 Å². The predicted octanol–water partition coefficient (Wildman–Crippen LogP) is -0.220. The van der Waals surface area contributed by atoms with E-state index < -0.39 is 0 Å². The van der Waals surface area contributed by atoms with Crippen molar-refractivity contribution in [1.29, 1.82) is 0 Å². The Morgan fingerprint density at radius 3 is 3.00 bits per heavy atom. The van der Waals surface area contributed by atoms with E-state index in [1.54, 1.807) is 7.05 Å². The summed E-state index contributed by atoms with van der Waals surface area (Å²) in [5.74, 6) is 0.00736. The molecule has 0 heterocycles. The van der Waals surface area contributed by atoms with E-state index in [0.717, 1.165) is 18.4 Å². The summed E-state index contributed by atoms with van der Waals surface area (Å²) in [6.45, 7) is 0. The molecular weight excluding hydrogens is 128 g/mol. The number of nitrogens with one attached hydrogen (secondary N) is 1. The first-order valence-electron chi connectivity index (χ1n) is 3.40. The van der Waals surface area contributed by atoms with Gasteiger partial charge in [-0.15, -0.1) is 0 Å². The van der Waals surface area contributed by atoms with Gasteiger partial charge in [0.1, 0.15) is 0 Å². The lowest BCUT2D eigenvalue weighted by molar-refractivity contribution is -0.117. The highest BCUT2D eigenvalue weighted by Crippen LogP contribution is 2.16. The van der Waals surface area contributed by atoms with Crippen LogP contribution in [0.5, 0.6) is 0 Å². The summed E-state index contributed by atoms with van der Waals surface area (Å²) in [6, 6.07) is 0.160. The molecule has 0 aromatic rings. The lowest BCUT2D eigenvalue weighted by Crippen LogP contribution is -2.22. The molecule has 1 aliphatic rings. The second-order valence-electron chi connectivity index (χ2n) is 2.51. The monoisotopic (exact) mass is 140 g/mol. The maximum atomic E-state index is 10.9. The van der Waals surface area contributed by atoms with Crippen LogP contribution in [0.15, 0.2) is 11.6 Å². The van der Waals surface area contributed by atoms with Crippen LogP contribution in [0.3, 0.4) is 0 Å². The maximum Gasteiger partial charge on any atom is 0.246 e. The van der Waals surface area contributed by atoms with Gasteiger partial charge < -0.3 is 11.1 Å². The molecule has 3 N–H and O–H groups in total. The highest BCUT2D eigenvalue weighted by molar-refractivity contribution is 5.93. The molecular formula is C7H12N2O. The van der Waals surface area contributed by atoms with E-state index in [1.165, 1.54) is 0 Å². The summed E-state index contributed by atoms with van der Waals surface area (Å²) in [5.41, 5.74) is 6.41. The molecule has 0 aliphatic heterocycles. The molecule has 0 radical (unpaired) electrons. The van der Waals surface area contributed by atoms with Crippen LogP contribution in [0.2, 0.25) is 0 Å². The molecule has 0 unspecified atom stereocenters. The zero-order chi connectivity index (χ0) is 7.56. The van der Waals surface area contributed by atoms with Gasteiger partial charge in [-0.05, 0) is 12.8 Å². The Kier molecular flexibility index (Phi) is 2.06. The average molecular weight is 140 g/mol. The third-order valence-electron chi connectivity index (χ3n) is 1.67. The fraction of sp³-hybridized carbons (Fsp3) is 0.571. The van der Waals surface area contributed by atoms with Gasteiger partial charge in [0.15, 0.2) is 0 Å². The Balaban J connectivity index is 2.51. The number of amides is 1. The zero-order valence-electron chi connectivity index (χ0n) is 6.05. The minimum atomic E-state index is 0.00736. The largest absolute Gasteiger partial charge is 0.355 e. The summed E-state index contributed by atoms with van der Waals surface area (Å²) < 4.78 is 0. The molecule has 3 heteroatoms. The van der Waals surface area contributed by atoms with Gasteiger partial charge in [-0.2, -0.15) is 0 Å². The standard InChI is InChI=1S/C7H12N2O/c1-9-7(10)5-2-3-6(8)4-5/h2,6H,3-4,8H2,1H3,(H,9,10)/t6-/m0/s1. The van der Waals surface area contributed by atoms with Crippen molar-refractivity contribution in [2.45, 2.75) is 18.9 Å². The first-order chi connectivity index (χ1) is 4.74. The lowest BCUT2D eigenvalue weighted by atomic mass is 10.2. The molecule has 10 heavy (non-hydrogen) atoms. The Labute approximate surface area is 60.3 Å². The number of likely N-dealkylation sites (N-methyl/N-ethyl adjacent to an activating group) is 1. The van der Waals surface area contributed by atoms with Gasteiger partial charge in [0.2, 0.25) is 5.91 Å². The van der Waals surface area contributed by atoms with Gasteiger partial charge in [0.25, 0.3) is 0 Å². The number of hydrogen-bond donors (Lipinski definition) is 2. The summed E-state index contributed by atoms with van der Waals surface area (Å²) in [7, 11) is 1.63. The second-order valence-corrected chi connectivity index (χ2v) is 2.51. The number of rotatable bonds is 1. The molecule has 0 spiro atoms. The van der Waals surface area contributed by atoms with Crippen LogP contribution in [0.1, 0.15) is 12.8 Å². The molecule has 1 amide bonds. The van der Waals surface area contributed by atoms with Crippen molar-refractivity contribution in [3.8, 4) is 0 Å². The maximum absolute atomic E-state index is 10.9. The van der Waals surface area contributed by atoms with Crippen molar-refractivity contribution in [2.24, 2.45) is 5.73 Å². The van der Waals surface area contributed by atoms with E-state index in [-0.39, 0.29) is 11.9 Å². The normalized spacial score (nSPS) is 24.2. The number of carbonyl (C=O) groups is 1. The van der Waals surface area contributed by atoms with E-state index in [4.69, 9.17) is 5.73 Å². The highest BCUT2D eigenvalue weighted by atomic mass is 16.1. The van der Waals surface area contributed by atoms with Crippen molar-refractivity contribution in [1.82, 2.24) is 5.32 Å². The number of hydrogen-bond acceptors (Lipinski definition) is 2. The molecule has 1 atom stereocenters. The highest BCUT2D eigenvalue weighted by Gasteiger charge is 2.17. The van der Waals surface area contributed by atoms with Gasteiger partial charge >= 0.3 is 0 Å². The van der Waals surface area contributed by atoms with Crippen molar-refractivity contribution in [2.75, 3.05) is 7.05 Å². The molecule has 1 rings (SSSR count). The van der Waals surface area contributed by atoms with Crippen molar-refractivity contribution in [3.05, 3.63) is 11.6 Å². The lowest BCUT2D eigenvalue weighted by Gasteiger charge is -2.01. The first kappa shape index (κ1) is 7.28. The zero-order valence-corrected chi connectivity index (χ0v) is 6.05. The van der Waals surface area contributed by atoms with Crippen LogP contribution in [0.4, 0.5) is 0 Å². The van der Waals surface area contributed by atoms with Crippen molar-refractivity contribution < 1.29 is 4.79 Å². The fourth-order valence-corrected chi connectivity index (χ4v) is 1.09. The Bertz CT molecular complexity index is 174. The summed E-state index contributed by atoms with van der Waals surface area (Å²) in [5, 5.41) is 2.56. The smallest absolute Gasteiger partial charge is 0.246 e.